The van der Waals surface area contributed by atoms with Gasteiger partial charge in [0.25, 0.3) is 0 Å². The molecule has 0 saturated heterocycles. The average molecular weight is 195 g/mol. The van der Waals surface area contributed by atoms with Crippen molar-refractivity contribution < 1.29 is 9.59 Å². The van der Waals surface area contributed by atoms with Crippen LogP contribution in [-0.4, -0.2) is 18.2 Å². The summed E-state index contributed by atoms with van der Waals surface area (Å²) in [4.78, 5) is 22.2. The van der Waals surface area contributed by atoms with Gasteiger partial charge in [0.1, 0.15) is 0 Å². The van der Waals surface area contributed by atoms with Crippen molar-refractivity contribution in [3.63, 3.8) is 0 Å². The molecule has 14 heavy (non-hydrogen) atoms. The summed E-state index contributed by atoms with van der Waals surface area (Å²) >= 11 is 0. The molecule has 3 heteroatoms. The van der Waals surface area contributed by atoms with E-state index >= 15 is 0 Å². The lowest BCUT2D eigenvalue weighted by Gasteiger charge is -2.03. The van der Waals surface area contributed by atoms with Gasteiger partial charge in [0.2, 0.25) is 5.91 Å². The molecule has 0 saturated carbocycles. The Morgan fingerprint density at radius 2 is 2.07 bits per heavy atom. The maximum Gasteiger partial charge on any atom is 0.247 e. The Morgan fingerprint density at radius 3 is 2.57 bits per heavy atom. The summed E-state index contributed by atoms with van der Waals surface area (Å²) in [7, 11) is 0. The number of rotatable bonds is 6. The summed E-state index contributed by atoms with van der Waals surface area (Å²) in [5, 5.41) is 2.72. The van der Waals surface area contributed by atoms with Crippen LogP contribution < -0.4 is 5.32 Å². The number of unbranched alkanes of at least 4 members (excludes halogenated alkanes) is 1. The van der Waals surface area contributed by atoms with Gasteiger partial charge in [-0.05, 0) is 25.5 Å². The van der Waals surface area contributed by atoms with Crippen LogP contribution in [0.2, 0.25) is 0 Å². The van der Waals surface area contributed by atoms with Gasteiger partial charge >= 0.3 is 0 Å². The fraction of sp³-hybridized carbons (Fsp3) is 0.455. The smallest absolute Gasteiger partial charge is 0.247 e. The minimum Gasteiger partial charge on any atom is -0.352 e. The predicted octanol–water partition coefficient (Wildman–Crippen LogP) is 1.60. The topological polar surface area (TPSA) is 46.2 Å². The Bertz CT molecular complexity index is 254. The molecular weight excluding hydrogens is 178 g/mol. The van der Waals surface area contributed by atoms with Gasteiger partial charge in [-0.2, -0.15) is 0 Å². The first-order chi connectivity index (χ1) is 6.61. The lowest BCUT2D eigenvalue weighted by molar-refractivity contribution is -0.118. The molecule has 0 atom stereocenters. The zero-order valence-corrected chi connectivity index (χ0v) is 8.80. The number of hydrogen-bond donors (Lipinski definition) is 1. The molecule has 3 nitrogen and oxygen atoms in total. The molecule has 0 aromatic rings. The van der Waals surface area contributed by atoms with Crippen molar-refractivity contribution in [2.24, 2.45) is 0 Å². The van der Waals surface area contributed by atoms with Gasteiger partial charge in [0.05, 0.1) is 0 Å². The molecule has 0 rings (SSSR count). The first-order valence-electron chi connectivity index (χ1n) is 4.74. The van der Waals surface area contributed by atoms with Gasteiger partial charge in [0.15, 0.2) is 5.78 Å². The fourth-order valence-electron chi connectivity index (χ4n) is 0.856. The van der Waals surface area contributed by atoms with Crippen LogP contribution in [0.25, 0.3) is 0 Å². The van der Waals surface area contributed by atoms with Crippen LogP contribution in [0.1, 0.15) is 26.7 Å². The molecule has 0 heterocycles. The number of hydrogen-bond acceptors (Lipinski definition) is 2. The van der Waals surface area contributed by atoms with E-state index in [1.165, 1.54) is 12.2 Å². The van der Waals surface area contributed by atoms with Crippen molar-refractivity contribution in [1.29, 1.82) is 0 Å². The highest BCUT2D eigenvalue weighted by atomic mass is 16.2. The number of carbonyl (C=O) groups is 2. The highest BCUT2D eigenvalue weighted by molar-refractivity contribution is 6.05. The highest BCUT2D eigenvalue weighted by Gasteiger charge is 2.03. The molecular formula is C11H17NO2. The van der Waals surface area contributed by atoms with Gasteiger partial charge < -0.3 is 5.32 Å². The first kappa shape index (κ1) is 12.6. The summed E-state index contributed by atoms with van der Waals surface area (Å²) in [5.74, 6) is -0.429. The van der Waals surface area contributed by atoms with Crippen LogP contribution in [0.4, 0.5) is 0 Å². The van der Waals surface area contributed by atoms with E-state index in [2.05, 4.69) is 18.8 Å². The molecule has 1 N–H and O–H groups in total. The van der Waals surface area contributed by atoms with Crippen LogP contribution in [0.3, 0.4) is 0 Å². The molecule has 0 aromatic carbocycles. The fourth-order valence-corrected chi connectivity index (χ4v) is 0.856. The summed E-state index contributed by atoms with van der Waals surface area (Å²) in [5.41, 5.74) is 0.422. The molecule has 0 aromatic heterocycles. The van der Waals surface area contributed by atoms with E-state index < -0.39 is 0 Å². The second-order valence-electron chi connectivity index (χ2n) is 3.04. The van der Waals surface area contributed by atoms with E-state index in [-0.39, 0.29) is 11.7 Å². The third kappa shape index (κ3) is 5.30. The van der Waals surface area contributed by atoms with Gasteiger partial charge in [-0.3, -0.25) is 9.59 Å². The maximum absolute atomic E-state index is 11.3. The molecule has 0 bridgehead atoms. The molecule has 0 aliphatic rings. The Kier molecular flexibility index (Phi) is 6.37. The zero-order chi connectivity index (χ0) is 11.0. The van der Waals surface area contributed by atoms with Gasteiger partial charge in [-0.15, -0.1) is 0 Å². The Morgan fingerprint density at radius 1 is 1.43 bits per heavy atom. The number of nitrogens with one attached hydrogen (secondary N) is 1. The molecule has 0 aliphatic heterocycles. The largest absolute Gasteiger partial charge is 0.352 e. The molecule has 0 aliphatic carbocycles. The lowest BCUT2D eigenvalue weighted by atomic mass is 10.2. The zero-order valence-electron chi connectivity index (χ0n) is 8.80. The van der Waals surface area contributed by atoms with Crippen molar-refractivity contribution in [3.05, 3.63) is 24.3 Å². The maximum atomic E-state index is 11.3. The summed E-state index contributed by atoms with van der Waals surface area (Å²) in [6.45, 7) is 7.64. The standard InChI is InChI=1S/C11H17NO2/c1-4-6-7-12-11(14)9(3)8-10(13)5-2/h5,8H,2,4,6-7H2,1,3H3,(H,12,14). The number of allylic oxidation sites excluding steroid dienone is 2. The van der Waals surface area contributed by atoms with Crippen molar-refractivity contribution >= 4 is 11.7 Å². The lowest BCUT2D eigenvalue weighted by Crippen LogP contribution is -2.25. The predicted molar refractivity (Wildman–Crippen MR) is 56.9 cm³/mol. The van der Waals surface area contributed by atoms with Crippen LogP contribution in [0.5, 0.6) is 0 Å². The van der Waals surface area contributed by atoms with Crippen LogP contribution in [-0.2, 0) is 9.59 Å². The Balaban J connectivity index is 4.04. The van der Waals surface area contributed by atoms with Crippen molar-refractivity contribution in [1.82, 2.24) is 5.32 Å². The van der Waals surface area contributed by atoms with E-state index in [9.17, 15) is 9.59 Å². The van der Waals surface area contributed by atoms with Gasteiger partial charge in [-0.25, -0.2) is 0 Å². The second-order valence-corrected chi connectivity index (χ2v) is 3.04. The van der Waals surface area contributed by atoms with Crippen molar-refractivity contribution in [2.75, 3.05) is 6.54 Å². The van der Waals surface area contributed by atoms with E-state index in [0.29, 0.717) is 12.1 Å². The van der Waals surface area contributed by atoms with Crippen molar-refractivity contribution in [3.8, 4) is 0 Å². The summed E-state index contributed by atoms with van der Waals surface area (Å²) in [6.07, 6.45) is 4.46. The number of carbonyl (C=O) groups excluding carboxylic acids is 2. The third-order valence-corrected chi connectivity index (χ3v) is 1.73. The SMILES string of the molecule is C=CC(=O)C=C(C)C(=O)NCCCC. The van der Waals surface area contributed by atoms with Crippen LogP contribution in [0, 0.1) is 0 Å². The van der Waals surface area contributed by atoms with E-state index in [0.717, 1.165) is 12.8 Å². The first-order valence-corrected chi connectivity index (χ1v) is 4.74. The van der Waals surface area contributed by atoms with Crippen LogP contribution in [0.15, 0.2) is 24.3 Å². The quantitative estimate of drug-likeness (QED) is 0.517. The second kappa shape index (κ2) is 7.06. The van der Waals surface area contributed by atoms with Gasteiger partial charge in [-0.1, -0.05) is 19.9 Å². The number of ketones is 1. The normalized spacial score (nSPS) is 10.9. The number of amides is 1. The minimum atomic E-state index is -0.242. The monoisotopic (exact) mass is 195 g/mol. The molecule has 0 spiro atoms. The third-order valence-electron chi connectivity index (χ3n) is 1.73. The van der Waals surface area contributed by atoms with E-state index in [1.54, 1.807) is 6.92 Å². The molecule has 0 fully saturated rings. The molecule has 0 unspecified atom stereocenters. The minimum absolute atomic E-state index is 0.186. The Labute approximate surface area is 84.9 Å². The summed E-state index contributed by atoms with van der Waals surface area (Å²) < 4.78 is 0. The van der Waals surface area contributed by atoms with E-state index in [4.69, 9.17) is 0 Å². The van der Waals surface area contributed by atoms with E-state index in [1.807, 2.05) is 0 Å². The average Bonchev–Trinajstić information content (AvgIpc) is 2.17. The van der Waals surface area contributed by atoms with Crippen molar-refractivity contribution in [2.45, 2.75) is 26.7 Å². The molecule has 1 amide bonds. The highest BCUT2D eigenvalue weighted by Crippen LogP contribution is 1.94. The Hall–Kier alpha value is -1.38. The molecule has 0 radical (unpaired) electrons. The molecule has 78 valence electrons. The summed E-state index contributed by atoms with van der Waals surface area (Å²) in [6, 6.07) is 0. The van der Waals surface area contributed by atoms with Crippen LogP contribution >= 0.6 is 0 Å². The van der Waals surface area contributed by atoms with Gasteiger partial charge in [0, 0.05) is 12.1 Å².